The van der Waals surface area contributed by atoms with E-state index in [2.05, 4.69) is 15.4 Å². The molecule has 2 amide bonds. The highest BCUT2D eigenvalue weighted by atomic mass is 32.2. The molecule has 1 aliphatic carbocycles. The van der Waals surface area contributed by atoms with Gasteiger partial charge in [-0.15, -0.1) is 0 Å². The van der Waals surface area contributed by atoms with Crippen LogP contribution in [0.3, 0.4) is 0 Å². The Kier molecular flexibility index (Phi) is 7.16. The van der Waals surface area contributed by atoms with Gasteiger partial charge in [-0.1, -0.05) is 25.3 Å². The normalized spacial score (nSPS) is 15.5. The van der Waals surface area contributed by atoms with Crippen molar-refractivity contribution in [3.63, 3.8) is 0 Å². The SMILES string of the molecule is CCNC(=O)CNC(=O)c1cc(S(=O)(=O)NC2CCCCC2)ccc1C. The van der Waals surface area contributed by atoms with E-state index in [0.29, 0.717) is 12.1 Å². The van der Waals surface area contributed by atoms with Gasteiger partial charge < -0.3 is 10.6 Å². The molecule has 0 aliphatic heterocycles. The monoisotopic (exact) mass is 381 g/mol. The molecule has 0 saturated heterocycles. The Morgan fingerprint density at radius 3 is 2.46 bits per heavy atom. The molecule has 0 radical (unpaired) electrons. The summed E-state index contributed by atoms with van der Waals surface area (Å²) in [4.78, 5) is 23.9. The Morgan fingerprint density at radius 2 is 1.81 bits per heavy atom. The van der Waals surface area contributed by atoms with Gasteiger partial charge in [0.1, 0.15) is 0 Å². The maximum Gasteiger partial charge on any atom is 0.252 e. The molecule has 26 heavy (non-hydrogen) atoms. The quantitative estimate of drug-likeness (QED) is 0.665. The molecule has 0 aromatic heterocycles. The van der Waals surface area contributed by atoms with Crippen LogP contribution in [0, 0.1) is 6.92 Å². The summed E-state index contributed by atoms with van der Waals surface area (Å²) in [5, 5.41) is 5.11. The first kappa shape index (κ1) is 20.4. The number of carbonyl (C=O) groups is 2. The minimum atomic E-state index is -3.68. The molecule has 0 bridgehead atoms. The molecule has 2 rings (SSSR count). The third-order valence-corrected chi connectivity index (χ3v) is 5.99. The maximum absolute atomic E-state index is 12.6. The average Bonchev–Trinajstić information content (AvgIpc) is 2.60. The third-order valence-electron chi connectivity index (χ3n) is 4.47. The summed E-state index contributed by atoms with van der Waals surface area (Å²) in [5.41, 5.74) is 0.899. The number of nitrogens with one attached hydrogen (secondary N) is 3. The molecule has 144 valence electrons. The minimum absolute atomic E-state index is 0.0509. The van der Waals surface area contributed by atoms with Crippen LogP contribution in [0.25, 0.3) is 0 Å². The van der Waals surface area contributed by atoms with E-state index in [1.807, 2.05) is 0 Å². The Balaban J connectivity index is 2.12. The highest BCUT2D eigenvalue weighted by molar-refractivity contribution is 7.89. The largest absolute Gasteiger partial charge is 0.355 e. The molecule has 1 fully saturated rings. The van der Waals surface area contributed by atoms with Crippen LogP contribution in [-0.4, -0.2) is 39.4 Å². The molecule has 0 heterocycles. The summed E-state index contributed by atoms with van der Waals surface area (Å²) < 4.78 is 28.0. The molecular formula is C18H27N3O4S. The summed E-state index contributed by atoms with van der Waals surface area (Å²) in [5.74, 6) is -0.760. The second-order valence-electron chi connectivity index (χ2n) is 6.57. The Hall–Kier alpha value is -1.93. The van der Waals surface area contributed by atoms with E-state index in [0.717, 1.165) is 32.1 Å². The van der Waals surface area contributed by atoms with Gasteiger partial charge in [-0.05, 0) is 44.4 Å². The van der Waals surface area contributed by atoms with Crippen molar-refractivity contribution < 1.29 is 18.0 Å². The van der Waals surface area contributed by atoms with E-state index in [1.54, 1.807) is 19.9 Å². The van der Waals surface area contributed by atoms with E-state index in [-0.39, 0.29) is 29.0 Å². The lowest BCUT2D eigenvalue weighted by Crippen LogP contribution is -2.37. The fourth-order valence-electron chi connectivity index (χ4n) is 3.04. The van der Waals surface area contributed by atoms with Crippen LogP contribution in [0.2, 0.25) is 0 Å². The van der Waals surface area contributed by atoms with E-state index < -0.39 is 15.9 Å². The number of sulfonamides is 1. The Labute approximate surface area is 155 Å². The summed E-state index contributed by atoms with van der Waals surface area (Å²) in [6, 6.07) is 4.43. The second kappa shape index (κ2) is 9.14. The molecule has 8 heteroatoms. The van der Waals surface area contributed by atoms with Crippen molar-refractivity contribution in [1.82, 2.24) is 15.4 Å². The summed E-state index contributed by atoms with van der Waals surface area (Å²) in [6.45, 7) is 3.85. The predicted octanol–water partition coefficient (Wildman–Crippen LogP) is 1.47. The molecule has 1 aromatic rings. The number of hydrogen-bond donors (Lipinski definition) is 3. The van der Waals surface area contributed by atoms with Crippen molar-refractivity contribution in [2.75, 3.05) is 13.1 Å². The van der Waals surface area contributed by atoms with Crippen LogP contribution in [0.1, 0.15) is 54.9 Å². The summed E-state index contributed by atoms with van der Waals surface area (Å²) in [6.07, 6.45) is 4.86. The van der Waals surface area contributed by atoms with Gasteiger partial charge in [0.15, 0.2) is 0 Å². The van der Waals surface area contributed by atoms with E-state index in [4.69, 9.17) is 0 Å². The topological polar surface area (TPSA) is 104 Å². The number of rotatable bonds is 7. The number of benzene rings is 1. The molecule has 0 unspecified atom stereocenters. The highest BCUT2D eigenvalue weighted by Gasteiger charge is 2.23. The van der Waals surface area contributed by atoms with Gasteiger partial charge in [-0.3, -0.25) is 9.59 Å². The summed E-state index contributed by atoms with van der Waals surface area (Å²) >= 11 is 0. The predicted molar refractivity (Wildman–Crippen MR) is 99.4 cm³/mol. The molecule has 1 aliphatic rings. The van der Waals surface area contributed by atoms with Gasteiger partial charge in [0, 0.05) is 18.2 Å². The lowest BCUT2D eigenvalue weighted by Gasteiger charge is -2.22. The van der Waals surface area contributed by atoms with Crippen LogP contribution in [0.5, 0.6) is 0 Å². The molecule has 0 spiro atoms. The van der Waals surface area contributed by atoms with Crippen molar-refractivity contribution in [2.24, 2.45) is 0 Å². The van der Waals surface area contributed by atoms with Gasteiger partial charge in [0.05, 0.1) is 11.4 Å². The first-order valence-electron chi connectivity index (χ1n) is 9.01. The fourth-order valence-corrected chi connectivity index (χ4v) is 4.37. The van der Waals surface area contributed by atoms with Crippen molar-refractivity contribution in [3.05, 3.63) is 29.3 Å². The second-order valence-corrected chi connectivity index (χ2v) is 8.28. The van der Waals surface area contributed by atoms with Crippen LogP contribution in [-0.2, 0) is 14.8 Å². The maximum atomic E-state index is 12.6. The van der Waals surface area contributed by atoms with Crippen molar-refractivity contribution in [1.29, 1.82) is 0 Å². The molecule has 1 aromatic carbocycles. The third kappa shape index (κ3) is 5.54. The van der Waals surface area contributed by atoms with Crippen molar-refractivity contribution in [2.45, 2.75) is 56.9 Å². The molecular weight excluding hydrogens is 354 g/mol. The molecule has 7 nitrogen and oxygen atoms in total. The zero-order valence-electron chi connectivity index (χ0n) is 15.3. The number of aryl methyl sites for hydroxylation is 1. The lowest BCUT2D eigenvalue weighted by molar-refractivity contribution is -0.120. The van der Waals surface area contributed by atoms with Crippen LogP contribution in [0.15, 0.2) is 23.1 Å². The molecule has 0 atom stereocenters. The lowest BCUT2D eigenvalue weighted by atomic mass is 9.96. The van der Waals surface area contributed by atoms with E-state index in [9.17, 15) is 18.0 Å². The van der Waals surface area contributed by atoms with Crippen LogP contribution < -0.4 is 15.4 Å². The number of amides is 2. The number of carbonyl (C=O) groups excluding carboxylic acids is 2. The number of hydrogen-bond acceptors (Lipinski definition) is 4. The molecule has 1 saturated carbocycles. The zero-order valence-corrected chi connectivity index (χ0v) is 16.1. The van der Waals surface area contributed by atoms with Gasteiger partial charge in [0.25, 0.3) is 5.91 Å². The van der Waals surface area contributed by atoms with Crippen molar-refractivity contribution >= 4 is 21.8 Å². The first-order chi connectivity index (χ1) is 12.3. The first-order valence-corrected chi connectivity index (χ1v) is 10.5. The Morgan fingerprint density at radius 1 is 1.12 bits per heavy atom. The van der Waals surface area contributed by atoms with Gasteiger partial charge >= 0.3 is 0 Å². The fraction of sp³-hybridized carbons (Fsp3) is 0.556. The highest BCUT2D eigenvalue weighted by Crippen LogP contribution is 2.21. The van der Waals surface area contributed by atoms with Gasteiger partial charge in [-0.25, -0.2) is 13.1 Å². The summed E-state index contributed by atoms with van der Waals surface area (Å²) in [7, 11) is -3.68. The van der Waals surface area contributed by atoms with E-state index >= 15 is 0 Å². The minimum Gasteiger partial charge on any atom is -0.355 e. The number of likely N-dealkylation sites (N-methyl/N-ethyl adjacent to an activating group) is 1. The standard InChI is InChI=1S/C18H27N3O4S/c1-3-19-17(22)12-20-18(23)16-11-15(10-9-13(16)2)26(24,25)21-14-7-5-4-6-8-14/h9-11,14,21H,3-8,12H2,1-2H3,(H,19,22)(H,20,23). The van der Waals surface area contributed by atoms with Gasteiger partial charge in [0.2, 0.25) is 15.9 Å². The van der Waals surface area contributed by atoms with Crippen LogP contribution >= 0.6 is 0 Å². The van der Waals surface area contributed by atoms with E-state index in [1.165, 1.54) is 12.1 Å². The van der Waals surface area contributed by atoms with Gasteiger partial charge in [-0.2, -0.15) is 0 Å². The average molecular weight is 381 g/mol. The van der Waals surface area contributed by atoms with Crippen LogP contribution in [0.4, 0.5) is 0 Å². The Bertz CT molecular complexity index is 756. The molecule has 3 N–H and O–H groups in total. The smallest absolute Gasteiger partial charge is 0.252 e. The zero-order chi connectivity index (χ0) is 19.2. The van der Waals surface area contributed by atoms with Crippen molar-refractivity contribution in [3.8, 4) is 0 Å².